The highest BCUT2D eigenvalue weighted by molar-refractivity contribution is 5.94. The van der Waals surface area contributed by atoms with Crippen molar-refractivity contribution in [3.63, 3.8) is 0 Å². The zero-order chi connectivity index (χ0) is 17.8. The van der Waals surface area contributed by atoms with E-state index in [1.807, 2.05) is 24.3 Å². The monoisotopic (exact) mass is 343 g/mol. The van der Waals surface area contributed by atoms with E-state index < -0.39 is 6.04 Å². The molecule has 1 heterocycles. The van der Waals surface area contributed by atoms with E-state index in [1.54, 1.807) is 19.1 Å². The Morgan fingerprint density at radius 3 is 2.68 bits per heavy atom. The third-order valence-corrected chi connectivity index (χ3v) is 4.97. The third-order valence-electron chi connectivity index (χ3n) is 4.97. The molecule has 1 aromatic carbocycles. The molecular formula is C19H25N3O3. The normalized spacial score (nSPS) is 15.2. The molecule has 0 radical (unpaired) electrons. The van der Waals surface area contributed by atoms with Crippen LogP contribution in [0.1, 0.15) is 52.6 Å². The predicted octanol–water partition coefficient (Wildman–Crippen LogP) is 2.49. The van der Waals surface area contributed by atoms with Crippen molar-refractivity contribution in [2.24, 2.45) is 0 Å². The number of aliphatic hydroxyl groups excluding tert-OH is 1. The molecule has 0 fully saturated rings. The summed E-state index contributed by atoms with van der Waals surface area (Å²) in [5, 5.41) is 17.2. The van der Waals surface area contributed by atoms with E-state index in [9.17, 15) is 9.90 Å². The summed E-state index contributed by atoms with van der Waals surface area (Å²) >= 11 is 0. The number of H-pyrrole nitrogens is 1. The predicted molar refractivity (Wildman–Crippen MR) is 94.8 cm³/mol. The largest absolute Gasteiger partial charge is 0.497 e. The minimum atomic E-state index is -0.420. The second-order valence-electron chi connectivity index (χ2n) is 6.48. The molecule has 2 N–H and O–H groups in total. The van der Waals surface area contributed by atoms with Gasteiger partial charge >= 0.3 is 0 Å². The fourth-order valence-electron chi connectivity index (χ4n) is 3.42. The maximum absolute atomic E-state index is 13.0. The number of aromatic amines is 1. The number of methoxy groups -OCH3 is 1. The van der Waals surface area contributed by atoms with Gasteiger partial charge in [0.15, 0.2) is 5.69 Å². The maximum Gasteiger partial charge on any atom is 0.274 e. The topological polar surface area (TPSA) is 78.5 Å². The number of aromatic nitrogens is 2. The Balaban J connectivity index is 1.84. The lowest BCUT2D eigenvalue weighted by molar-refractivity contribution is 0.0651. The number of amides is 1. The van der Waals surface area contributed by atoms with E-state index in [1.165, 1.54) is 6.42 Å². The lowest BCUT2D eigenvalue weighted by atomic mass is 10.0. The minimum absolute atomic E-state index is 0.152. The van der Waals surface area contributed by atoms with Gasteiger partial charge in [-0.25, -0.2) is 0 Å². The highest BCUT2D eigenvalue weighted by Crippen LogP contribution is 2.26. The quantitative estimate of drug-likeness (QED) is 0.818. The lowest BCUT2D eigenvalue weighted by Gasteiger charge is -2.27. The fourth-order valence-corrected chi connectivity index (χ4v) is 3.42. The van der Waals surface area contributed by atoms with Gasteiger partial charge in [-0.15, -0.1) is 0 Å². The average Bonchev–Trinajstić information content (AvgIpc) is 2.90. The van der Waals surface area contributed by atoms with E-state index in [0.29, 0.717) is 5.69 Å². The van der Waals surface area contributed by atoms with Crippen LogP contribution in [0.5, 0.6) is 5.75 Å². The first-order valence-electron chi connectivity index (χ1n) is 8.73. The summed E-state index contributed by atoms with van der Waals surface area (Å²) in [6.07, 6.45) is 5.22. The summed E-state index contributed by atoms with van der Waals surface area (Å²) in [5.74, 6) is 0.585. The molecule has 0 spiro atoms. The first-order chi connectivity index (χ1) is 12.2. The molecule has 0 aliphatic heterocycles. The van der Waals surface area contributed by atoms with Crippen LogP contribution in [0.2, 0.25) is 0 Å². The van der Waals surface area contributed by atoms with Crippen LogP contribution in [0.4, 0.5) is 0 Å². The van der Waals surface area contributed by atoms with E-state index in [-0.39, 0.29) is 12.5 Å². The molecule has 0 saturated heterocycles. The second-order valence-corrected chi connectivity index (χ2v) is 6.48. The van der Waals surface area contributed by atoms with E-state index in [0.717, 1.165) is 48.3 Å². The minimum Gasteiger partial charge on any atom is -0.497 e. The van der Waals surface area contributed by atoms with Crippen LogP contribution >= 0.6 is 0 Å². The molecular weight excluding hydrogens is 318 g/mol. The van der Waals surface area contributed by atoms with Crippen LogP contribution < -0.4 is 4.74 Å². The number of fused-ring (bicyclic) bond motifs is 1. The summed E-state index contributed by atoms with van der Waals surface area (Å²) in [5.41, 5.74) is 3.48. The Kier molecular flexibility index (Phi) is 5.38. The van der Waals surface area contributed by atoms with Crippen molar-refractivity contribution < 1.29 is 14.6 Å². The first kappa shape index (κ1) is 17.5. The molecule has 6 heteroatoms. The van der Waals surface area contributed by atoms with Gasteiger partial charge < -0.3 is 14.7 Å². The lowest BCUT2D eigenvalue weighted by Crippen LogP contribution is -2.34. The number of aryl methyl sites for hydroxylation is 1. The van der Waals surface area contributed by atoms with Crippen LogP contribution in [-0.2, 0) is 12.8 Å². The molecule has 1 aliphatic rings. The molecule has 25 heavy (non-hydrogen) atoms. The Bertz CT molecular complexity index is 724. The number of nitrogens with zero attached hydrogens (tertiary/aromatic N) is 2. The highest BCUT2D eigenvalue weighted by Gasteiger charge is 2.27. The van der Waals surface area contributed by atoms with Gasteiger partial charge in [-0.3, -0.25) is 9.89 Å². The molecule has 134 valence electrons. The van der Waals surface area contributed by atoms with E-state index >= 15 is 0 Å². The zero-order valence-electron chi connectivity index (χ0n) is 14.8. The Hall–Kier alpha value is -2.34. The number of likely N-dealkylation sites (N-methyl/N-ethyl adjacent to an activating group) is 1. The number of carbonyl (C=O) groups excluding carboxylic acids is 1. The SMILES string of the molecule is COc1ccc(C(CO)N(C)C(=O)c2n[nH]c3c2CCCCC3)cc1. The smallest absolute Gasteiger partial charge is 0.274 e. The standard InChI is InChI=1S/C19H25N3O3/c1-22(17(12-23)13-8-10-14(25-2)11-9-13)19(24)18-15-6-4-3-5-7-16(15)20-21-18/h8-11,17,23H,3-7,12H2,1-2H3,(H,20,21). The fraction of sp³-hybridized carbons (Fsp3) is 0.474. The third kappa shape index (κ3) is 3.54. The number of hydrogen-bond acceptors (Lipinski definition) is 4. The number of aliphatic hydroxyl groups is 1. The van der Waals surface area contributed by atoms with Crippen molar-refractivity contribution in [1.82, 2.24) is 15.1 Å². The number of benzene rings is 1. The number of hydrogen-bond donors (Lipinski definition) is 2. The van der Waals surface area contributed by atoms with Crippen molar-refractivity contribution in [3.05, 3.63) is 46.8 Å². The Morgan fingerprint density at radius 1 is 1.28 bits per heavy atom. The summed E-state index contributed by atoms with van der Waals surface area (Å²) < 4.78 is 5.17. The zero-order valence-corrected chi connectivity index (χ0v) is 14.8. The van der Waals surface area contributed by atoms with Gasteiger partial charge in [-0.2, -0.15) is 5.10 Å². The number of rotatable bonds is 5. The molecule has 0 saturated carbocycles. The number of carbonyl (C=O) groups is 1. The van der Waals surface area contributed by atoms with Gasteiger partial charge in [0.25, 0.3) is 5.91 Å². The highest BCUT2D eigenvalue weighted by atomic mass is 16.5. The molecule has 1 atom stereocenters. The van der Waals surface area contributed by atoms with Gasteiger partial charge in [0, 0.05) is 18.3 Å². The van der Waals surface area contributed by atoms with Crippen LogP contribution in [0.3, 0.4) is 0 Å². The van der Waals surface area contributed by atoms with Crippen molar-refractivity contribution in [1.29, 1.82) is 0 Å². The summed E-state index contributed by atoms with van der Waals surface area (Å²) in [6, 6.07) is 6.98. The summed E-state index contributed by atoms with van der Waals surface area (Å²) in [4.78, 5) is 14.6. The van der Waals surface area contributed by atoms with Crippen molar-refractivity contribution in [3.8, 4) is 5.75 Å². The van der Waals surface area contributed by atoms with Gasteiger partial charge in [-0.05, 0) is 43.4 Å². The molecule has 1 aromatic heterocycles. The molecule has 1 aliphatic carbocycles. The van der Waals surface area contributed by atoms with Crippen LogP contribution in [0, 0.1) is 0 Å². The van der Waals surface area contributed by atoms with Gasteiger partial charge in [-0.1, -0.05) is 18.6 Å². The first-order valence-corrected chi connectivity index (χ1v) is 8.73. The van der Waals surface area contributed by atoms with Crippen molar-refractivity contribution in [2.45, 2.75) is 38.1 Å². The summed E-state index contributed by atoms with van der Waals surface area (Å²) in [6.45, 7) is -0.152. The molecule has 1 unspecified atom stereocenters. The van der Waals surface area contributed by atoms with E-state index in [4.69, 9.17) is 4.74 Å². The van der Waals surface area contributed by atoms with Crippen molar-refractivity contribution >= 4 is 5.91 Å². The van der Waals surface area contributed by atoms with Gasteiger partial charge in [0.1, 0.15) is 5.75 Å². The van der Waals surface area contributed by atoms with Crippen LogP contribution in [-0.4, -0.2) is 46.9 Å². The van der Waals surface area contributed by atoms with Gasteiger partial charge in [0.05, 0.1) is 19.8 Å². The maximum atomic E-state index is 13.0. The molecule has 6 nitrogen and oxygen atoms in total. The molecule has 3 rings (SSSR count). The molecule has 1 amide bonds. The average molecular weight is 343 g/mol. The molecule has 2 aromatic rings. The van der Waals surface area contributed by atoms with E-state index in [2.05, 4.69) is 10.2 Å². The number of ether oxygens (including phenoxy) is 1. The number of nitrogens with one attached hydrogen (secondary N) is 1. The Morgan fingerprint density at radius 2 is 2.00 bits per heavy atom. The Labute approximate surface area is 147 Å². The van der Waals surface area contributed by atoms with Crippen LogP contribution in [0.15, 0.2) is 24.3 Å². The molecule has 0 bridgehead atoms. The van der Waals surface area contributed by atoms with Gasteiger partial charge in [0.2, 0.25) is 0 Å². The second kappa shape index (κ2) is 7.70. The summed E-state index contributed by atoms with van der Waals surface area (Å²) in [7, 11) is 3.32. The van der Waals surface area contributed by atoms with Crippen molar-refractivity contribution in [2.75, 3.05) is 20.8 Å². The van der Waals surface area contributed by atoms with Crippen LogP contribution in [0.25, 0.3) is 0 Å².